The van der Waals surface area contributed by atoms with E-state index in [0.29, 0.717) is 34.3 Å². The third-order valence-electron chi connectivity index (χ3n) is 4.30. The summed E-state index contributed by atoms with van der Waals surface area (Å²) in [6.45, 7) is 2.38. The molecule has 0 aromatic heterocycles. The average molecular weight is 546 g/mol. The van der Waals surface area contributed by atoms with Gasteiger partial charge in [0.15, 0.2) is 6.61 Å². The molecule has 0 aliphatic carbocycles. The van der Waals surface area contributed by atoms with Crippen molar-refractivity contribution in [3.8, 4) is 17.2 Å². The van der Waals surface area contributed by atoms with Crippen molar-refractivity contribution in [3.63, 3.8) is 0 Å². The van der Waals surface area contributed by atoms with Gasteiger partial charge in [0.2, 0.25) is 0 Å². The van der Waals surface area contributed by atoms with Crippen LogP contribution >= 0.6 is 27.5 Å². The van der Waals surface area contributed by atoms with E-state index in [9.17, 15) is 9.59 Å². The molecule has 0 saturated heterocycles. The molecule has 0 saturated carbocycles. The predicted molar refractivity (Wildman–Crippen MR) is 134 cm³/mol. The second-order valence-electron chi connectivity index (χ2n) is 6.98. The molecule has 0 spiro atoms. The Morgan fingerprint density at radius 1 is 1.03 bits per heavy atom. The van der Waals surface area contributed by atoms with Crippen LogP contribution in [-0.2, 0) is 4.79 Å². The van der Waals surface area contributed by atoms with Gasteiger partial charge in [-0.1, -0.05) is 40.5 Å². The van der Waals surface area contributed by atoms with Crippen molar-refractivity contribution in [1.82, 2.24) is 5.43 Å². The van der Waals surface area contributed by atoms with E-state index < -0.39 is 11.9 Å². The Morgan fingerprint density at radius 3 is 2.56 bits per heavy atom. The van der Waals surface area contributed by atoms with Crippen molar-refractivity contribution in [2.24, 2.45) is 5.10 Å². The van der Waals surface area contributed by atoms with E-state index >= 15 is 0 Å². The number of nitrogens with zero attached hydrogens (tertiary/aromatic N) is 1. The first-order chi connectivity index (χ1) is 16.4. The Labute approximate surface area is 210 Å². The molecule has 0 atom stereocenters. The second kappa shape index (κ2) is 12.8. The van der Waals surface area contributed by atoms with Gasteiger partial charge < -0.3 is 14.2 Å². The maximum atomic E-state index is 12.6. The van der Waals surface area contributed by atoms with Crippen LogP contribution in [0.15, 0.2) is 76.3 Å². The van der Waals surface area contributed by atoms with E-state index in [1.165, 1.54) is 6.21 Å². The molecular formula is C25H22BrClN2O5. The summed E-state index contributed by atoms with van der Waals surface area (Å²) < 4.78 is 17.2. The van der Waals surface area contributed by atoms with Gasteiger partial charge in [0, 0.05) is 15.1 Å². The quantitative estimate of drug-likeness (QED) is 0.154. The fourth-order valence-corrected chi connectivity index (χ4v) is 3.25. The first kappa shape index (κ1) is 25.3. The van der Waals surface area contributed by atoms with Crippen molar-refractivity contribution in [3.05, 3.63) is 87.4 Å². The number of hydrazone groups is 1. The Bertz CT molecular complexity index is 1170. The molecule has 0 aliphatic rings. The Kier molecular flexibility index (Phi) is 9.49. The molecule has 0 bridgehead atoms. The smallest absolute Gasteiger partial charge is 0.343 e. The lowest BCUT2D eigenvalue weighted by atomic mass is 10.2. The van der Waals surface area contributed by atoms with Crippen LogP contribution in [0.5, 0.6) is 17.2 Å². The Morgan fingerprint density at radius 2 is 1.82 bits per heavy atom. The summed E-state index contributed by atoms with van der Waals surface area (Å²) in [7, 11) is 0. The lowest BCUT2D eigenvalue weighted by Crippen LogP contribution is -2.24. The topological polar surface area (TPSA) is 86.2 Å². The van der Waals surface area contributed by atoms with Crippen molar-refractivity contribution < 1.29 is 23.8 Å². The molecule has 1 amide bonds. The number of carbonyl (C=O) groups excluding carboxylic acids is 2. The number of carbonyl (C=O) groups is 2. The molecule has 3 rings (SSSR count). The second-order valence-corrected chi connectivity index (χ2v) is 8.34. The van der Waals surface area contributed by atoms with Gasteiger partial charge in [-0.15, -0.1) is 0 Å². The standard InChI is InChI=1S/C25H22BrClN2O5/c1-2-12-32-21-9-6-17(7-10-21)25(31)34-23-11-8-19(26)13-18(23)15-28-29-24(30)16-33-22-5-3-4-20(27)14-22/h3-11,13-15H,2,12,16H2,1H3,(H,29,30)/b28-15-. The van der Waals surface area contributed by atoms with Crippen LogP contribution in [0.3, 0.4) is 0 Å². The molecular weight excluding hydrogens is 524 g/mol. The third kappa shape index (κ3) is 7.90. The molecule has 0 unspecified atom stereocenters. The van der Waals surface area contributed by atoms with Crippen molar-refractivity contribution in [1.29, 1.82) is 0 Å². The highest BCUT2D eigenvalue weighted by Crippen LogP contribution is 2.23. The van der Waals surface area contributed by atoms with Gasteiger partial charge in [-0.3, -0.25) is 4.79 Å². The molecule has 0 fully saturated rings. The molecule has 7 nitrogen and oxygen atoms in total. The zero-order valence-electron chi connectivity index (χ0n) is 18.3. The summed E-state index contributed by atoms with van der Waals surface area (Å²) in [5, 5.41) is 4.44. The van der Waals surface area contributed by atoms with Crippen LogP contribution in [0.25, 0.3) is 0 Å². The number of esters is 1. The number of halogens is 2. The molecule has 0 heterocycles. The summed E-state index contributed by atoms with van der Waals surface area (Å²) >= 11 is 9.27. The maximum Gasteiger partial charge on any atom is 0.343 e. The molecule has 0 radical (unpaired) electrons. The first-order valence-corrected chi connectivity index (χ1v) is 11.6. The van der Waals surface area contributed by atoms with Crippen LogP contribution in [0.4, 0.5) is 0 Å². The Balaban J connectivity index is 1.59. The highest BCUT2D eigenvalue weighted by atomic mass is 79.9. The summed E-state index contributed by atoms with van der Waals surface area (Å²) in [4.78, 5) is 24.6. The number of hydrogen-bond acceptors (Lipinski definition) is 6. The highest BCUT2D eigenvalue weighted by molar-refractivity contribution is 9.10. The van der Waals surface area contributed by atoms with Gasteiger partial charge in [-0.25, -0.2) is 10.2 Å². The number of benzene rings is 3. The van der Waals surface area contributed by atoms with E-state index in [2.05, 4.69) is 26.5 Å². The largest absolute Gasteiger partial charge is 0.494 e. The van der Waals surface area contributed by atoms with Crippen LogP contribution in [0, 0.1) is 0 Å². The van der Waals surface area contributed by atoms with E-state index in [1.54, 1.807) is 66.7 Å². The minimum absolute atomic E-state index is 0.240. The summed E-state index contributed by atoms with van der Waals surface area (Å²) in [6, 6.07) is 18.5. The molecule has 3 aromatic carbocycles. The van der Waals surface area contributed by atoms with Crippen molar-refractivity contribution >= 4 is 45.6 Å². The summed E-state index contributed by atoms with van der Waals surface area (Å²) in [5.74, 6) is 0.448. The summed E-state index contributed by atoms with van der Waals surface area (Å²) in [5.41, 5.74) is 3.24. The van der Waals surface area contributed by atoms with Gasteiger partial charge in [-0.2, -0.15) is 5.10 Å². The van der Waals surface area contributed by atoms with Gasteiger partial charge >= 0.3 is 5.97 Å². The number of rotatable bonds is 10. The molecule has 34 heavy (non-hydrogen) atoms. The normalized spacial score (nSPS) is 10.7. The van der Waals surface area contributed by atoms with Gasteiger partial charge in [0.1, 0.15) is 17.2 Å². The zero-order chi connectivity index (χ0) is 24.3. The minimum atomic E-state index is -0.530. The number of hydrogen-bond donors (Lipinski definition) is 1. The summed E-state index contributed by atoms with van der Waals surface area (Å²) in [6.07, 6.45) is 2.28. The van der Waals surface area contributed by atoms with E-state index in [1.807, 2.05) is 6.92 Å². The van der Waals surface area contributed by atoms with Crippen LogP contribution in [0.1, 0.15) is 29.3 Å². The minimum Gasteiger partial charge on any atom is -0.494 e. The molecule has 3 aromatic rings. The lowest BCUT2D eigenvalue weighted by Gasteiger charge is -2.09. The van der Waals surface area contributed by atoms with Crippen LogP contribution < -0.4 is 19.6 Å². The Hall–Kier alpha value is -3.36. The van der Waals surface area contributed by atoms with Crippen molar-refractivity contribution in [2.75, 3.05) is 13.2 Å². The fraction of sp³-hybridized carbons (Fsp3) is 0.160. The SMILES string of the molecule is CCCOc1ccc(C(=O)Oc2ccc(Br)cc2/C=N\NC(=O)COc2cccc(Cl)c2)cc1. The highest BCUT2D eigenvalue weighted by Gasteiger charge is 2.12. The van der Waals surface area contributed by atoms with Crippen LogP contribution in [0.2, 0.25) is 5.02 Å². The third-order valence-corrected chi connectivity index (χ3v) is 5.02. The van der Waals surface area contributed by atoms with Gasteiger partial charge in [0.25, 0.3) is 5.91 Å². The molecule has 0 aliphatic heterocycles. The molecule has 9 heteroatoms. The average Bonchev–Trinajstić information content (AvgIpc) is 2.83. The predicted octanol–water partition coefficient (Wildman–Crippen LogP) is 5.64. The number of amides is 1. The van der Waals surface area contributed by atoms with Gasteiger partial charge in [-0.05, 0) is 67.1 Å². The van der Waals surface area contributed by atoms with Crippen LogP contribution in [-0.4, -0.2) is 31.3 Å². The monoisotopic (exact) mass is 544 g/mol. The molecule has 1 N–H and O–H groups in total. The fourth-order valence-electron chi connectivity index (χ4n) is 2.69. The van der Waals surface area contributed by atoms with E-state index in [0.717, 1.165) is 10.9 Å². The number of ether oxygens (including phenoxy) is 3. The van der Waals surface area contributed by atoms with Gasteiger partial charge in [0.05, 0.1) is 18.4 Å². The van der Waals surface area contributed by atoms with E-state index in [4.69, 9.17) is 25.8 Å². The first-order valence-electron chi connectivity index (χ1n) is 10.4. The maximum absolute atomic E-state index is 12.6. The lowest BCUT2D eigenvalue weighted by molar-refractivity contribution is -0.123. The molecule has 176 valence electrons. The van der Waals surface area contributed by atoms with Crippen molar-refractivity contribution in [2.45, 2.75) is 13.3 Å². The zero-order valence-corrected chi connectivity index (χ0v) is 20.6. The van der Waals surface area contributed by atoms with E-state index in [-0.39, 0.29) is 12.4 Å². The number of nitrogens with one attached hydrogen (secondary N) is 1.